The van der Waals surface area contributed by atoms with Crippen molar-refractivity contribution in [3.05, 3.63) is 36.5 Å². The lowest BCUT2D eigenvalue weighted by atomic mass is 9.99. The highest BCUT2D eigenvalue weighted by Crippen LogP contribution is 2.22. The van der Waals surface area contributed by atoms with Crippen molar-refractivity contribution in [1.29, 1.82) is 0 Å². The number of rotatable bonds is 27. The first-order valence-electron chi connectivity index (χ1n) is 17.7. The highest BCUT2D eigenvalue weighted by atomic mass is 16.7. The van der Waals surface area contributed by atoms with Crippen LogP contribution in [0.1, 0.15) is 129 Å². The van der Waals surface area contributed by atoms with Gasteiger partial charge >= 0.3 is 0 Å². The standard InChI is InChI=1S/C36H65NO8/c1-3-5-7-8-9-10-11-12-13-14-15-16-17-18-19-20-21-22-24-26-32(40)37-29(30(39)25-23-6-4-2)28-44-36-35(43)34(42)33(41)31(27-38)45-36/h9-10,12-13,23,25,29-31,33-36,38-39,41-43H,3-8,11,14-22,24,26-28H2,1-2H3,(H,37,40)/b10-9-,13-12-,25-23+. The molecule has 7 unspecified atom stereocenters. The van der Waals surface area contributed by atoms with E-state index in [2.05, 4.69) is 36.5 Å². The van der Waals surface area contributed by atoms with Crippen molar-refractivity contribution < 1.29 is 39.8 Å². The number of carbonyl (C=O) groups is 1. The number of aliphatic hydroxyl groups excluding tert-OH is 5. The molecule has 0 bridgehead atoms. The van der Waals surface area contributed by atoms with Crippen LogP contribution in [0.25, 0.3) is 0 Å². The fourth-order valence-electron chi connectivity index (χ4n) is 5.25. The number of ether oxygens (including phenoxy) is 2. The van der Waals surface area contributed by atoms with Crippen molar-refractivity contribution >= 4 is 5.91 Å². The number of aliphatic hydroxyl groups is 5. The number of nitrogens with one attached hydrogen (secondary N) is 1. The Balaban J connectivity index is 2.23. The number of hydrogen-bond acceptors (Lipinski definition) is 8. The van der Waals surface area contributed by atoms with Gasteiger partial charge in [-0.3, -0.25) is 4.79 Å². The van der Waals surface area contributed by atoms with Crippen LogP contribution in [-0.4, -0.2) is 87.5 Å². The Hall–Kier alpha value is -1.59. The third-order valence-corrected chi connectivity index (χ3v) is 8.19. The summed E-state index contributed by atoms with van der Waals surface area (Å²) >= 11 is 0. The van der Waals surface area contributed by atoms with Gasteiger partial charge in [-0.2, -0.15) is 0 Å². The zero-order valence-corrected chi connectivity index (χ0v) is 28.1. The van der Waals surface area contributed by atoms with Gasteiger partial charge in [-0.15, -0.1) is 0 Å². The Morgan fingerprint density at radius 1 is 0.756 bits per heavy atom. The lowest BCUT2D eigenvalue weighted by Crippen LogP contribution is -2.60. The maximum atomic E-state index is 12.7. The summed E-state index contributed by atoms with van der Waals surface area (Å²) in [6.45, 7) is 3.50. The predicted octanol–water partition coefficient (Wildman–Crippen LogP) is 5.38. The van der Waals surface area contributed by atoms with Crippen LogP contribution in [0.2, 0.25) is 0 Å². The molecular weight excluding hydrogens is 574 g/mol. The molecule has 0 radical (unpaired) electrons. The Labute approximate surface area is 272 Å². The lowest BCUT2D eigenvalue weighted by Gasteiger charge is -2.40. The van der Waals surface area contributed by atoms with Crippen LogP contribution in [0.15, 0.2) is 36.5 Å². The van der Waals surface area contributed by atoms with E-state index in [-0.39, 0.29) is 12.5 Å². The fraction of sp³-hybridized carbons (Fsp3) is 0.806. The van der Waals surface area contributed by atoms with E-state index < -0.39 is 49.5 Å². The van der Waals surface area contributed by atoms with Crippen LogP contribution in [-0.2, 0) is 14.3 Å². The third kappa shape index (κ3) is 19.6. The summed E-state index contributed by atoms with van der Waals surface area (Å²) in [6.07, 6.45) is 24.2. The average Bonchev–Trinajstić information content (AvgIpc) is 3.03. The van der Waals surface area contributed by atoms with E-state index in [1.54, 1.807) is 6.08 Å². The van der Waals surface area contributed by atoms with Crippen LogP contribution in [0.3, 0.4) is 0 Å². The summed E-state index contributed by atoms with van der Waals surface area (Å²) in [4.78, 5) is 12.7. The van der Waals surface area contributed by atoms with E-state index in [9.17, 15) is 30.3 Å². The molecule has 1 aliphatic rings. The molecule has 1 amide bonds. The molecule has 1 saturated heterocycles. The molecule has 0 spiro atoms. The van der Waals surface area contributed by atoms with Crippen molar-refractivity contribution in [1.82, 2.24) is 5.32 Å². The van der Waals surface area contributed by atoms with Gasteiger partial charge in [0.25, 0.3) is 0 Å². The molecule has 0 aliphatic carbocycles. The molecule has 9 nitrogen and oxygen atoms in total. The summed E-state index contributed by atoms with van der Waals surface area (Å²) in [5, 5.41) is 53.1. The smallest absolute Gasteiger partial charge is 0.220 e. The number of allylic oxidation sites excluding steroid dienone is 5. The quantitative estimate of drug-likeness (QED) is 0.0519. The zero-order valence-electron chi connectivity index (χ0n) is 28.1. The molecule has 1 fully saturated rings. The summed E-state index contributed by atoms with van der Waals surface area (Å²) < 4.78 is 11.0. The molecule has 6 N–H and O–H groups in total. The van der Waals surface area contributed by atoms with Crippen molar-refractivity contribution in [2.75, 3.05) is 13.2 Å². The number of amides is 1. The SMILES string of the molecule is CCC/C=C/C(O)C(COC1OC(CO)C(O)C(O)C1O)NC(=O)CCCCCCCCCCC/C=C\C/C=C\CCCCC. The second-order valence-electron chi connectivity index (χ2n) is 12.3. The van der Waals surface area contributed by atoms with Crippen LogP contribution in [0.4, 0.5) is 0 Å². The summed E-state index contributed by atoms with van der Waals surface area (Å²) in [6, 6.07) is -0.800. The van der Waals surface area contributed by atoms with Crippen molar-refractivity contribution in [3.63, 3.8) is 0 Å². The highest BCUT2D eigenvalue weighted by Gasteiger charge is 2.44. The molecule has 7 atom stereocenters. The second kappa shape index (κ2) is 27.5. The normalized spacial score (nSPS) is 23.8. The molecule has 0 aromatic rings. The minimum absolute atomic E-state index is 0.196. The molecule has 1 rings (SSSR count). The van der Waals surface area contributed by atoms with E-state index >= 15 is 0 Å². The van der Waals surface area contributed by atoms with E-state index in [1.165, 1.54) is 70.6 Å². The first kappa shape index (κ1) is 41.4. The van der Waals surface area contributed by atoms with Gasteiger partial charge < -0.3 is 40.3 Å². The van der Waals surface area contributed by atoms with E-state index in [0.717, 1.165) is 38.5 Å². The summed E-state index contributed by atoms with van der Waals surface area (Å²) in [5.74, 6) is -0.197. The van der Waals surface area contributed by atoms with Gasteiger partial charge in [-0.25, -0.2) is 0 Å². The molecular formula is C36H65NO8. The topological polar surface area (TPSA) is 149 Å². The molecule has 1 heterocycles. The number of carbonyl (C=O) groups excluding carboxylic acids is 1. The van der Waals surface area contributed by atoms with Crippen LogP contribution >= 0.6 is 0 Å². The molecule has 262 valence electrons. The average molecular weight is 640 g/mol. The van der Waals surface area contributed by atoms with Gasteiger partial charge in [0.2, 0.25) is 5.91 Å². The predicted molar refractivity (Wildman–Crippen MR) is 180 cm³/mol. The first-order valence-corrected chi connectivity index (χ1v) is 17.7. The van der Waals surface area contributed by atoms with Gasteiger partial charge in [0, 0.05) is 6.42 Å². The molecule has 1 aliphatic heterocycles. The van der Waals surface area contributed by atoms with Crippen LogP contribution in [0, 0.1) is 0 Å². The van der Waals surface area contributed by atoms with Crippen molar-refractivity contribution in [2.24, 2.45) is 0 Å². The summed E-state index contributed by atoms with van der Waals surface area (Å²) in [5.41, 5.74) is 0. The van der Waals surface area contributed by atoms with Crippen molar-refractivity contribution in [3.8, 4) is 0 Å². The van der Waals surface area contributed by atoms with Gasteiger partial charge in [-0.05, 0) is 44.9 Å². The molecule has 45 heavy (non-hydrogen) atoms. The van der Waals surface area contributed by atoms with Gasteiger partial charge in [-0.1, -0.05) is 115 Å². The van der Waals surface area contributed by atoms with Crippen LogP contribution in [0.5, 0.6) is 0 Å². The monoisotopic (exact) mass is 639 g/mol. The lowest BCUT2D eigenvalue weighted by molar-refractivity contribution is -0.302. The van der Waals surface area contributed by atoms with Gasteiger partial charge in [0.15, 0.2) is 6.29 Å². The Morgan fingerprint density at radius 3 is 1.96 bits per heavy atom. The molecule has 0 saturated carbocycles. The zero-order chi connectivity index (χ0) is 33.1. The Morgan fingerprint density at radius 2 is 1.36 bits per heavy atom. The van der Waals surface area contributed by atoms with E-state index in [1.807, 2.05) is 13.0 Å². The Kier molecular flexibility index (Phi) is 25.3. The molecule has 9 heteroatoms. The van der Waals surface area contributed by atoms with E-state index in [0.29, 0.717) is 6.42 Å². The third-order valence-electron chi connectivity index (χ3n) is 8.19. The maximum Gasteiger partial charge on any atom is 0.220 e. The molecule has 0 aromatic carbocycles. The number of hydrogen-bond donors (Lipinski definition) is 6. The molecule has 0 aromatic heterocycles. The minimum Gasteiger partial charge on any atom is -0.394 e. The van der Waals surface area contributed by atoms with Crippen molar-refractivity contribution in [2.45, 2.75) is 172 Å². The minimum atomic E-state index is -1.56. The van der Waals surface area contributed by atoms with E-state index in [4.69, 9.17) is 9.47 Å². The fourth-order valence-corrected chi connectivity index (χ4v) is 5.25. The maximum absolute atomic E-state index is 12.7. The van der Waals surface area contributed by atoms with Gasteiger partial charge in [0.1, 0.15) is 24.4 Å². The van der Waals surface area contributed by atoms with Gasteiger partial charge in [0.05, 0.1) is 25.4 Å². The largest absolute Gasteiger partial charge is 0.394 e. The number of unbranched alkanes of at least 4 members (excludes halogenated alkanes) is 13. The second-order valence-corrected chi connectivity index (χ2v) is 12.3. The Bertz CT molecular complexity index is 802. The highest BCUT2D eigenvalue weighted by molar-refractivity contribution is 5.76. The first-order chi connectivity index (χ1) is 21.8. The summed E-state index contributed by atoms with van der Waals surface area (Å²) in [7, 11) is 0. The van der Waals surface area contributed by atoms with Crippen LogP contribution < -0.4 is 5.32 Å².